The van der Waals surface area contributed by atoms with Gasteiger partial charge in [0, 0.05) is 24.8 Å². The lowest BCUT2D eigenvalue weighted by Gasteiger charge is -2.31. The third-order valence-electron chi connectivity index (χ3n) is 3.63. The molecular weight excluding hydrogens is 228 g/mol. The summed E-state index contributed by atoms with van der Waals surface area (Å²) in [6, 6.07) is 3.42. The number of carbonyl (C=O) groups is 1. The Morgan fingerprint density at radius 2 is 2.28 bits per heavy atom. The van der Waals surface area contributed by atoms with E-state index in [1.807, 2.05) is 4.90 Å². The molecule has 0 spiro atoms. The molecular formula is C13H20N4O. The Labute approximate surface area is 107 Å². The number of likely N-dealkylation sites (tertiary alicyclic amines) is 1. The predicted octanol–water partition coefficient (Wildman–Crippen LogP) is 1.63. The lowest BCUT2D eigenvalue weighted by Crippen LogP contribution is -2.38. The summed E-state index contributed by atoms with van der Waals surface area (Å²) in [5.41, 5.74) is 3.11. The first-order valence-electron chi connectivity index (χ1n) is 6.46. The minimum atomic E-state index is 0.0726. The maximum Gasteiger partial charge on any atom is 0.254 e. The summed E-state index contributed by atoms with van der Waals surface area (Å²) in [6.45, 7) is 3.92. The molecule has 0 saturated carbocycles. The fraction of sp³-hybridized carbons (Fsp3) is 0.538. The minimum absolute atomic E-state index is 0.0726. The maximum atomic E-state index is 12.3. The molecule has 18 heavy (non-hydrogen) atoms. The number of hydrogen-bond donors (Lipinski definition) is 2. The Hall–Kier alpha value is -1.62. The van der Waals surface area contributed by atoms with Crippen LogP contribution in [0.25, 0.3) is 0 Å². The molecule has 0 radical (unpaired) electrons. The van der Waals surface area contributed by atoms with Crippen LogP contribution >= 0.6 is 0 Å². The molecule has 0 unspecified atom stereocenters. The second-order valence-electron chi connectivity index (χ2n) is 4.72. The van der Waals surface area contributed by atoms with E-state index >= 15 is 0 Å². The van der Waals surface area contributed by atoms with E-state index in [1.165, 1.54) is 6.42 Å². The highest BCUT2D eigenvalue weighted by Gasteiger charge is 2.22. The van der Waals surface area contributed by atoms with Gasteiger partial charge in [0.15, 0.2) is 0 Å². The Kier molecular flexibility index (Phi) is 4.15. The molecule has 1 amide bonds. The molecule has 1 aliphatic heterocycles. The van der Waals surface area contributed by atoms with Crippen LogP contribution in [0.5, 0.6) is 0 Å². The Morgan fingerprint density at radius 1 is 1.56 bits per heavy atom. The van der Waals surface area contributed by atoms with E-state index in [4.69, 9.17) is 5.84 Å². The molecule has 1 fully saturated rings. The number of carbonyl (C=O) groups excluding carboxylic acids is 1. The molecule has 1 aromatic heterocycles. The summed E-state index contributed by atoms with van der Waals surface area (Å²) in [6.07, 6.45) is 5.02. The molecule has 0 aromatic carbocycles. The smallest absolute Gasteiger partial charge is 0.254 e. The van der Waals surface area contributed by atoms with E-state index in [9.17, 15) is 4.79 Å². The summed E-state index contributed by atoms with van der Waals surface area (Å²) >= 11 is 0. The van der Waals surface area contributed by atoms with E-state index in [-0.39, 0.29) is 5.91 Å². The van der Waals surface area contributed by atoms with Gasteiger partial charge in [0.1, 0.15) is 5.82 Å². The van der Waals surface area contributed by atoms with E-state index in [1.54, 1.807) is 18.3 Å². The highest BCUT2D eigenvalue weighted by molar-refractivity contribution is 5.94. The summed E-state index contributed by atoms with van der Waals surface area (Å²) in [5, 5.41) is 0. The van der Waals surface area contributed by atoms with Crippen molar-refractivity contribution in [3.8, 4) is 0 Å². The molecule has 2 rings (SSSR count). The topological polar surface area (TPSA) is 71.2 Å². The number of pyridine rings is 1. The normalized spacial score (nSPS) is 16.7. The van der Waals surface area contributed by atoms with Crippen LogP contribution in [0.15, 0.2) is 18.3 Å². The second kappa shape index (κ2) is 5.82. The highest BCUT2D eigenvalue weighted by atomic mass is 16.2. The molecule has 3 N–H and O–H groups in total. The number of anilines is 1. The van der Waals surface area contributed by atoms with Gasteiger partial charge in [0.2, 0.25) is 0 Å². The fourth-order valence-electron chi connectivity index (χ4n) is 2.37. The first kappa shape index (κ1) is 12.8. The number of nitrogens with zero attached hydrogens (tertiary/aromatic N) is 2. The van der Waals surface area contributed by atoms with Gasteiger partial charge in [0.25, 0.3) is 5.91 Å². The average Bonchev–Trinajstić information content (AvgIpc) is 2.46. The molecule has 98 valence electrons. The number of hydrogen-bond acceptors (Lipinski definition) is 4. The maximum absolute atomic E-state index is 12.3. The first-order chi connectivity index (χ1) is 8.74. The quantitative estimate of drug-likeness (QED) is 0.630. The van der Waals surface area contributed by atoms with Crippen molar-refractivity contribution in [2.45, 2.75) is 26.2 Å². The lowest BCUT2D eigenvalue weighted by molar-refractivity contribution is 0.0689. The molecule has 1 aromatic rings. The van der Waals surface area contributed by atoms with Crippen molar-refractivity contribution in [3.05, 3.63) is 23.9 Å². The molecule has 0 atom stereocenters. The Balaban J connectivity index is 2.03. The molecule has 0 bridgehead atoms. The lowest BCUT2D eigenvalue weighted by atomic mass is 9.94. The van der Waals surface area contributed by atoms with Gasteiger partial charge in [-0.25, -0.2) is 10.8 Å². The van der Waals surface area contributed by atoms with Crippen LogP contribution in [0.4, 0.5) is 5.82 Å². The van der Waals surface area contributed by atoms with Gasteiger partial charge in [0.05, 0.1) is 0 Å². The number of amides is 1. The van der Waals surface area contributed by atoms with Gasteiger partial charge < -0.3 is 10.3 Å². The molecule has 5 nitrogen and oxygen atoms in total. The predicted molar refractivity (Wildman–Crippen MR) is 71.0 cm³/mol. The van der Waals surface area contributed by atoms with Crippen molar-refractivity contribution in [2.24, 2.45) is 11.8 Å². The van der Waals surface area contributed by atoms with Gasteiger partial charge in [-0.3, -0.25) is 4.79 Å². The molecule has 2 heterocycles. The standard InChI is InChI=1S/C13H20N4O/c1-2-10-4-7-17(8-5-10)13(18)11-3-6-15-12(9-11)16-14/h3,6,9-10H,2,4-5,7-8,14H2,1H3,(H,15,16). The average molecular weight is 248 g/mol. The highest BCUT2D eigenvalue weighted by Crippen LogP contribution is 2.21. The summed E-state index contributed by atoms with van der Waals surface area (Å²) in [4.78, 5) is 18.2. The van der Waals surface area contributed by atoms with E-state index in [0.29, 0.717) is 11.4 Å². The van der Waals surface area contributed by atoms with Crippen LogP contribution in [0.3, 0.4) is 0 Å². The number of rotatable bonds is 3. The number of aromatic nitrogens is 1. The number of nitrogens with two attached hydrogens (primary N) is 1. The van der Waals surface area contributed by atoms with E-state index < -0.39 is 0 Å². The van der Waals surface area contributed by atoms with Crippen molar-refractivity contribution in [2.75, 3.05) is 18.5 Å². The Morgan fingerprint density at radius 3 is 2.89 bits per heavy atom. The van der Waals surface area contributed by atoms with Crippen LogP contribution in [-0.2, 0) is 0 Å². The van der Waals surface area contributed by atoms with Crippen molar-refractivity contribution < 1.29 is 4.79 Å². The third kappa shape index (κ3) is 2.79. The number of hydrazine groups is 1. The largest absolute Gasteiger partial charge is 0.339 e. The van der Waals surface area contributed by atoms with Crippen LogP contribution in [-0.4, -0.2) is 28.9 Å². The van der Waals surface area contributed by atoms with E-state index in [0.717, 1.165) is 31.8 Å². The zero-order chi connectivity index (χ0) is 13.0. The second-order valence-corrected chi connectivity index (χ2v) is 4.72. The molecule has 1 saturated heterocycles. The fourth-order valence-corrected chi connectivity index (χ4v) is 2.37. The minimum Gasteiger partial charge on any atom is -0.339 e. The summed E-state index contributed by atoms with van der Waals surface area (Å²) in [5.74, 6) is 6.66. The monoisotopic (exact) mass is 248 g/mol. The van der Waals surface area contributed by atoms with Gasteiger partial charge in [-0.05, 0) is 30.9 Å². The number of nitrogens with one attached hydrogen (secondary N) is 1. The van der Waals surface area contributed by atoms with Crippen molar-refractivity contribution in [3.63, 3.8) is 0 Å². The number of piperidine rings is 1. The van der Waals surface area contributed by atoms with Gasteiger partial charge in [-0.15, -0.1) is 0 Å². The van der Waals surface area contributed by atoms with Gasteiger partial charge in [-0.1, -0.05) is 13.3 Å². The van der Waals surface area contributed by atoms with Crippen LogP contribution < -0.4 is 11.3 Å². The molecule has 0 aliphatic carbocycles. The zero-order valence-corrected chi connectivity index (χ0v) is 10.7. The van der Waals surface area contributed by atoms with Crippen LogP contribution in [0.1, 0.15) is 36.5 Å². The van der Waals surface area contributed by atoms with Crippen molar-refractivity contribution in [1.29, 1.82) is 0 Å². The molecule has 1 aliphatic rings. The Bertz CT molecular complexity index is 413. The third-order valence-corrected chi connectivity index (χ3v) is 3.63. The number of nitrogen functional groups attached to an aromatic ring is 1. The first-order valence-corrected chi connectivity index (χ1v) is 6.46. The summed E-state index contributed by atoms with van der Waals surface area (Å²) in [7, 11) is 0. The van der Waals surface area contributed by atoms with Crippen LogP contribution in [0, 0.1) is 5.92 Å². The van der Waals surface area contributed by atoms with Gasteiger partial charge >= 0.3 is 0 Å². The van der Waals surface area contributed by atoms with Crippen molar-refractivity contribution in [1.82, 2.24) is 9.88 Å². The summed E-state index contributed by atoms with van der Waals surface area (Å²) < 4.78 is 0. The molecule has 5 heteroatoms. The van der Waals surface area contributed by atoms with Crippen molar-refractivity contribution >= 4 is 11.7 Å². The SMILES string of the molecule is CCC1CCN(C(=O)c2ccnc(NN)c2)CC1. The van der Waals surface area contributed by atoms with Gasteiger partial charge in [-0.2, -0.15) is 0 Å². The van der Waals surface area contributed by atoms with E-state index in [2.05, 4.69) is 17.3 Å². The van der Waals surface area contributed by atoms with Crippen LogP contribution in [0.2, 0.25) is 0 Å². The zero-order valence-electron chi connectivity index (χ0n) is 10.7.